The number of rotatable bonds is 5. The molecule has 0 bridgehead atoms. The van der Waals surface area contributed by atoms with E-state index in [4.69, 9.17) is 5.10 Å². The lowest BCUT2D eigenvalue weighted by Crippen LogP contribution is -2.10. The Morgan fingerprint density at radius 3 is 2.14 bits per heavy atom. The largest absolute Gasteiger partial charge is 0.369 e. The van der Waals surface area contributed by atoms with Crippen molar-refractivity contribution in [1.29, 1.82) is 0 Å². The number of hydrogen-bond acceptors (Lipinski definition) is 2. The number of para-hydroxylation sites is 1. The van der Waals surface area contributed by atoms with Gasteiger partial charge in [-0.2, -0.15) is 5.10 Å². The van der Waals surface area contributed by atoms with Crippen LogP contribution < -0.4 is 5.32 Å². The van der Waals surface area contributed by atoms with Gasteiger partial charge in [-0.1, -0.05) is 85.8 Å². The molecule has 0 atom stereocenters. The van der Waals surface area contributed by atoms with Crippen LogP contribution in [0.3, 0.4) is 0 Å². The third-order valence-electron chi connectivity index (χ3n) is 5.82. The van der Waals surface area contributed by atoms with E-state index >= 15 is 0 Å². The third kappa shape index (κ3) is 3.13. The monoisotopic (exact) mass is 379 g/mol. The number of aromatic nitrogens is 2. The van der Waals surface area contributed by atoms with Gasteiger partial charge >= 0.3 is 0 Å². The molecule has 0 amide bonds. The summed E-state index contributed by atoms with van der Waals surface area (Å²) in [6.07, 6.45) is 2.00. The summed E-state index contributed by atoms with van der Waals surface area (Å²) in [5.74, 6) is 1.28. The lowest BCUT2D eigenvalue weighted by molar-refractivity contribution is 0.796. The summed E-state index contributed by atoms with van der Waals surface area (Å²) < 4.78 is 2.13. The smallest absolute Gasteiger partial charge is 0.133 e. The number of nitrogens with zero attached hydrogens (tertiary/aromatic N) is 2. The molecule has 0 radical (unpaired) electrons. The summed E-state index contributed by atoms with van der Waals surface area (Å²) in [5, 5.41) is 8.82. The second-order valence-electron chi connectivity index (χ2n) is 7.54. The maximum atomic E-state index is 5.22. The molecule has 3 nitrogen and oxygen atoms in total. The Bertz CT molecular complexity index is 1070. The number of hydrogen-bond donors (Lipinski definition) is 1. The lowest BCUT2D eigenvalue weighted by Gasteiger charge is -2.17. The minimum Gasteiger partial charge on any atom is -0.369 e. The molecule has 144 valence electrons. The van der Waals surface area contributed by atoms with Crippen LogP contribution in [0, 0.1) is 0 Å². The average molecular weight is 380 g/mol. The topological polar surface area (TPSA) is 29.9 Å². The molecule has 1 N–H and O–H groups in total. The quantitative estimate of drug-likeness (QED) is 0.490. The van der Waals surface area contributed by atoms with Crippen LogP contribution in [0.15, 0.2) is 84.9 Å². The van der Waals surface area contributed by atoms with E-state index in [0.717, 1.165) is 30.9 Å². The number of nitrogens with one attached hydrogen (secondary N) is 1. The Hall–Kier alpha value is -3.33. The molecule has 0 aliphatic carbocycles. The summed E-state index contributed by atoms with van der Waals surface area (Å²) in [7, 11) is 0. The highest BCUT2D eigenvalue weighted by molar-refractivity contribution is 5.61. The zero-order chi connectivity index (χ0) is 19.6. The second kappa shape index (κ2) is 7.59. The minimum absolute atomic E-state index is 0.126. The first-order valence-corrected chi connectivity index (χ1v) is 10.4. The standard InChI is InChI=1S/C26H25N3/c1-2-19-11-9-10-16-23(19)29-26-22(17-18-27-26)25(28-29)24(20-12-5-3-6-13-20)21-14-7-4-8-15-21/h3-16,24,27H,2,17-18H2,1H3. The fraction of sp³-hybridized carbons (Fsp3) is 0.192. The van der Waals surface area contributed by atoms with Gasteiger partial charge in [0, 0.05) is 12.1 Å². The molecule has 3 heteroatoms. The first-order chi connectivity index (χ1) is 14.4. The van der Waals surface area contributed by atoms with Crippen LogP contribution in [0.1, 0.15) is 40.8 Å². The summed E-state index contributed by atoms with van der Waals surface area (Å²) >= 11 is 0. The van der Waals surface area contributed by atoms with Crippen LogP contribution in [0.4, 0.5) is 5.82 Å². The van der Waals surface area contributed by atoms with E-state index in [0.29, 0.717) is 0 Å². The van der Waals surface area contributed by atoms with Gasteiger partial charge in [0.15, 0.2) is 0 Å². The van der Waals surface area contributed by atoms with Crippen LogP contribution in [0.2, 0.25) is 0 Å². The number of anilines is 1. The zero-order valence-electron chi connectivity index (χ0n) is 16.7. The van der Waals surface area contributed by atoms with E-state index in [1.54, 1.807) is 0 Å². The van der Waals surface area contributed by atoms with Crippen molar-refractivity contribution in [2.75, 3.05) is 11.9 Å². The molecule has 2 heterocycles. The van der Waals surface area contributed by atoms with Gasteiger partial charge in [0.1, 0.15) is 5.82 Å². The molecule has 1 aliphatic heterocycles. The highest BCUT2D eigenvalue weighted by Crippen LogP contribution is 2.39. The summed E-state index contributed by atoms with van der Waals surface area (Å²) in [6, 6.07) is 30.1. The minimum atomic E-state index is 0.126. The van der Waals surface area contributed by atoms with E-state index in [9.17, 15) is 0 Å². The van der Waals surface area contributed by atoms with Crippen molar-refractivity contribution in [1.82, 2.24) is 9.78 Å². The van der Waals surface area contributed by atoms with Crippen molar-refractivity contribution in [3.8, 4) is 5.69 Å². The molecule has 0 unspecified atom stereocenters. The summed E-state index contributed by atoms with van der Waals surface area (Å²) in [4.78, 5) is 0. The van der Waals surface area contributed by atoms with Gasteiger partial charge < -0.3 is 5.32 Å². The first-order valence-electron chi connectivity index (χ1n) is 10.4. The van der Waals surface area contributed by atoms with E-state index in [2.05, 4.69) is 102 Å². The van der Waals surface area contributed by atoms with Gasteiger partial charge in [-0.15, -0.1) is 0 Å². The molecule has 1 aliphatic rings. The fourth-order valence-corrected chi connectivity index (χ4v) is 4.42. The third-order valence-corrected chi connectivity index (χ3v) is 5.82. The number of benzene rings is 3. The Morgan fingerprint density at radius 2 is 1.48 bits per heavy atom. The molecular formula is C26H25N3. The number of aryl methyl sites for hydroxylation is 1. The van der Waals surface area contributed by atoms with Crippen LogP contribution in [0.5, 0.6) is 0 Å². The maximum Gasteiger partial charge on any atom is 0.133 e. The molecule has 0 spiro atoms. The van der Waals surface area contributed by atoms with Gasteiger partial charge in [0.05, 0.1) is 17.3 Å². The molecule has 0 saturated heterocycles. The Balaban J connectivity index is 1.72. The van der Waals surface area contributed by atoms with Crippen LogP contribution in [-0.4, -0.2) is 16.3 Å². The number of fused-ring (bicyclic) bond motifs is 1. The van der Waals surface area contributed by atoms with Crippen molar-refractivity contribution in [2.24, 2.45) is 0 Å². The van der Waals surface area contributed by atoms with Crippen LogP contribution >= 0.6 is 0 Å². The van der Waals surface area contributed by atoms with E-state index in [-0.39, 0.29) is 5.92 Å². The predicted molar refractivity (Wildman–Crippen MR) is 119 cm³/mol. The lowest BCUT2D eigenvalue weighted by atomic mass is 9.86. The van der Waals surface area contributed by atoms with Crippen molar-refractivity contribution >= 4 is 5.82 Å². The SMILES string of the molecule is CCc1ccccc1-n1nc(C(c2ccccc2)c2ccccc2)c2c1NCC2. The molecule has 5 rings (SSSR count). The first kappa shape index (κ1) is 17.7. The zero-order valence-corrected chi connectivity index (χ0v) is 16.7. The molecule has 29 heavy (non-hydrogen) atoms. The molecule has 0 fully saturated rings. The molecule has 3 aromatic carbocycles. The highest BCUT2D eigenvalue weighted by atomic mass is 15.3. The van der Waals surface area contributed by atoms with E-state index < -0.39 is 0 Å². The van der Waals surface area contributed by atoms with Crippen molar-refractivity contribution in [3.05, 3.63) is 113 Å². The molecule has 0 saturated carbocycles. The van der Waals surface area contributed by atoms with E-state index in [1.165, 1.54) is 27.9 Å². The normalized spacial score (nSPS) is 12.8. The van der Waals surface area contributed by atoms with Crippen molar-refractivity contribution in [3.63, 3.8) is 0 Å². The van der Waals surface area contributed by atoms with Crippen LogP contribution in [-0.2, 0) is 12.8 Å². The summed E-state index contributed by atoms with van der Waals surface area (Å²) in [6.45, 7) is 3.17. The van der Waals surface area contributed by atoms with Gasteiger partial charge in [-0.25, -0.2) is 4.68 Å². The molecular weight excluding hydrogens is 354 g/mol. The average Bonchev–Trinajstić information content (AvgIpc) is 3.39. The van der Waals surface area contributed by atoms with Crippen molar-refractivity contribution < 1.29 is 0 Å². The van der Waals surface area contributed by atoms with Gasteiger partial charge in [-0.3, -0.25) is 0 Å². The second-order valence-corrected chi connectivity index (χ2v) is 7.54. The molecule has 1 aromatic heterocycles. The highest BCUT2D eigenvalue weighted by Gasteiger charge is 2.30. The predicted octanol–water partition coefficient (Wildman–Crippen LogP) is 5.58. The van der Waals surface area contributed by atoms with Gasteiger partial charge in [0.25, 0.3) is 0 Å². The Morgan fingerprint density at radius 1 is 0.862 bits per heavy atom. The fourth-order valence-electron chi connectivity index (χ4n) is 4.42. The Labute approximate surface area is 172 Å². The maximum absolute atomic E-state index is 5.22. The van der Waals surface area contributed by atoms with Crippen LogP contribution in [0.25, 0.3) is 5.69 Å². The summed E-state index contributed by atoms with van der Waals surface area (Å²) in [5.41, 5.74) is 7.55. The molecule has 4 aromatic rings. The van der Waals surface area contributed by atoms with Gasteiger partial charge in [0.2, 0.25) is 0 Å². The van der Waals surface area contributed by atoms with Crippen molar-refractivity contribution in [2.45, 2.75) is 25.7 Å². The van der Waals surface area contributed by atoms with E-state index in [1.807, 2.05) is 0 Å². The Kier molecular flexibility index (Phi) is 4.65. The van der Waals surface area contributed by atoms with Gasteiger partial charge in [-0.05, 0) is 35.6 Å².